The zero-order chi connectivity index (χ0) is 14.9. The quantitative estimate of drug-likeness (QED) is 0.942. The van der Waals surface area contributed by atoms with E-state index < -0.39 is 0 Å². The van der Waals surface area contributed by atoms with Gasteiger partial charge in [-0.2, -0.15) is 0 Å². The molecule has 1 atom stereocenters. The fourth-order valence-corrected chi connectivity index (χ4v) is 3.81. The number of rotatable bonds is 3. The smallest absolute Gasteiger partial charge is 0.0798 e. The topological polar surface area (TPSA) is 28.2 Å². The van der Waals surface area contributed by atoms with Crippen LogP contribution in [-0.4, -0.2) is 28.5 Å². The van der Waals surface area contributed by atoms with Crippen LogP contribution in [0.3, 0.4) is 0 Å². The lowest BCUT2D eigenvalue weighted by atomic mass is 9.95. The van der Waals surface area contributed by atoms with Crippen LogP contribution in [0.15, 0.2) is 35.8 Å². The summed E-state index contributed by atoms with van der Waals surface area (Å²) in [5.74, 6) is 0. The van der Waals surface area contributed by atoms with E-state index >= 15 is 0 Å². The number of aryl methyl sites for hydroxylation is 1. The first-order valence-electron chi connectivity index (χ1n) is 7.48. The van der Waals surface area contributed by atoms with E-state index in [0.29, 0.717) is 6.04 Å². The Morgan fingerprint density at radius 2 is 2.10 bits per heavy atom. The third-order valence-electron chi connectivity index (χ3n) is 4.19. The van der Waals surface area contributed by atoms with Crippen LogP contribution in [0, 0.1) is 6.92 Å². The van der Waals surface area contributed by atoms with Gasteiger partial charge in [-0.05, 0) is 26.3 Å². The SMILES string of the molecule is Cc1ncsc1CN1CC(C)(C)NCC1c1ccccc1. The van der Waals surface area contributed by atoms with Crippen molar-refractivity contribution in [2.75, 3.05) is 13.1 Å². The molecular formula is C17H23N3S. The largest absolute Gasteiger partial charge is 0.309 e. The fraction of sp³-hybridized carbons (Fsp3) is 0.471. The van der Waals surface area contributed by atoms with Gasteiger partial charge in [0, 0.05) is 36.1 Å². The molecule has 2 aromatic rings. The van der Waals surface area contributed by atoms with Crippen molar-refractivity contribution in [2.24, 2.45) is 0 Å². The average molecular weight is 301 g/mol. The van der Waals surface area contributed by atoms with Crippen LogP contribution in [0.4, 0.5) is 0 Å². The van der Waals surface area contributed by atoms with Gasteiger partial charge in [0.1, 0.15) is 0 Å². The van der Waals surface area contributed by atoms with Crippen molar-refractivity contribution in [2.45, 2.75) is 38.9 Å². The molecule has 1 fully saturated rings. The molecule has 1 aromatic carbocycles. The Bertz CT molecular complexity index is 591. The van der Waals surface area contributed by atoms with Gasteiger partial charge in [0.2, 0.25) is 0 Å². The maximum atomic E-state index is 4.39. The molecule has 1 N–H and O–H groups in total. The lowest BCUT2D eigenvalue weighted by Crippen LogP contribution is -2.57. The molecule has 0 radical (unpaired) electrons. The lowest BCUT2D eigenvalue weighted by Gasteiger charge is -2.44. The van der Waals surface area contributed by atoms with E-state index in [1.165, 1.54) is 16.1 Å². The van der Waals surface area contributed by atoms with Gasteiger partial charge in [-0.1, -0.05) is 30.3 Å². The summed E-state index contributed by atoms with van der Waals surface area (Å²) < 4.78 is 0. The Hall–Kier alpha value is -1.23. The molecule has 1 saturated heterocycles. The number of nitrogens with zero attached hydrogens (tertiary/aromatic N) is 2. The molecule has 1 aliphatic rings. The number of aromatic nitrogens is 1. The fourth-order valence-electron chi connectivity index (χ4n) is 3.01. The van der Waals surface area contributed by atoms with Gasteiger partial charge in [-0.15, -0.1) is 11.3 Å². The molecule has 2 heterocycles. The maximum Gasteiger partial charge on any atom is 0.0798 e. The van der Waals surface area contributed by atoms with Crippen molar-refractivity contribution >= 4 is 11.3 Å². The van der Waals surface area contributed by atoms with E-state index in [2.05, 4.69) is 66.3 Å². The molecule has 112 valence electrons. The van der Waals surface area contributed by atoms with Crippen molar-refractivity contribution in [1.29, 1.82) is 0 Å². The molecule has 0 spiro atoms. The van der Waals surface area contributed by atoms with E-state index in [-0.39, 0.29) is 5.54 Å². The minimum absolute atomic E-state index is 0.157. The van der Waals surface area contributed by atoms with Gasteiger partial charge in [0.25, 0.3) is 0 Å². The van der Waals surface area contributed by atoms with Crippen molar-refractivity contribution in [3.05, 3.63) is 52.0 Å². The van der Waals surface area contributed by atoms with Crippen molar-refractivity contribution in [3.63, 3.8) is 0 Å². The second kappa shape index (κ2) is 5.87. The summed E-state index contributed by atoms with van der Waals surface area (Å²) in [6.07, 6.45) is 0. The van der Waals surface area contributed by atoms with Crippen LogP contribution in [0.25, 0.3) is 0 Å². The van der Waals surface area contributed by atoms with Crippen LogP contribution in [0.1, 0.15) is 36.0 Å². The summed E-state index contributed by atoms with van der Waals surface area (Å²) in [7, 11) is 0. The molecule has 21 heavy (non-hydrogen) atoms. The van der Waals surface area contributed by atoms with E-state index in [1.807, 2.05) is 5.51 Å². The first-order valence-corrected chi connectivity index (χ1v) is 8.36. The van der Waals surface area contributed by atoms with Crippen molar-refractivity contribution in [1.82, 2.24) is 15.2 Å². The Balaban J connectivity index is 1.85. The highest BCUT2D eigenvalue weighted by atomic mass is 32.1. The summed E-state index contributed by atoms with van der Waals surface area (Å²) in [5.41, 5.74) is 4.67. The number of thiazole rings is 1. The number of benzene rings is 1. The van der Waals surface area contributed by atoms with E-state index in [1.54, 1.807) is 11.3 Å². The molecule has 0 bridgehead atoms. The van der Waals surface area contributed by atoms with Crippen LogP contribution >= 0.6 is 11.3 Å². The molecule has 1 aromatic heterocycles. The van der Waals surface area contributed by atoms with Gasteiger partial charge in [0.05, 0.1) is 11.2 Å². The van der Waals surface area contributed by atoms with Gasteiger partial charge in [-0.25, -0.2) is 4.98 Å². The van der Waals surface area contributed by atoms with Crippen LogP contribution in [0.5, 0.6) is 0 Å². The molecule has 4 heteroatoms. The minimum Gasteiger partial charge on any atom is -0.309 e. The molecular weight excluding hydrogens is 278 g/mol. The Kier molecular flexibility index (Phi) is 4.11. The lowest BCUT2D eigenvalue weighted by molar-refractivity contribution is 0.0887. The summed E-state index contributed by atoms with van der Waals surface area (Å²) in [6, 6.07) is 11.2. The summed E-state index contributed by atoms with van der Waals surface area (Å²) >= 11 is 1.77. The Labute approximate surface area is 131 Å². The van der Waals surface area contributed by atoms with Gasteiger partial charge in [0.15, 0.2) is 0 Å². The number of hydrogen-bond acceptors (Lipinski definition) is 4. The Morgan fingerprint density at radius 1 is 1.33 bits per heavy atom. The number of piperazine rings is 1. The zero-order valence-corrected chi connectivity index (χ0v) is 13.8. The maximum absolute atomic E-state index is 4.39. The molecule has 0 amide bonds. The summed E-state index contributed by atoms with van der Waals surface area (Å²) in [4.78, 5) is 8.37. The average Bonchev–Trinajstić information content (AvgIpc) is 2.85. The molecule has 0 aliphatic carbocycles. The second-order valence-electron chi connectivity index (χ2n) is 6.46. The molecule has 1 aliphatic heterocycles. The molecule has 1 unspecified atom stereocenters. The van der Waals surface area contributed by atoms with Crippen LogP contribution < -0.4 is 5.32 Å². The summed E-state index contributed by atoms with van der Waals surface area (Å²) in [6.45, 7) is 9.69. The predicted molar refractivity (Wildman–Crippen MR) is 88.5 cm³/mol. The minimum atomic E-state index is 0.157. The second-order valence-corrected chi connectivity index (χ2v) is 7.40. The van der Waals surface area contributed by atoms with Gasteiger partial charge >= 0.3 is 0 Å². The Morgan fingerprint density at radius 3 is 2.76 bits per heavy atom. The molecule has 0 saturated carbocycles. The van der Waals surface area contributed by atoms with Crippen molar-refractivity contribution in [3.8, 4) is 0 Å². The van der Waals surface area contributed by atoms with Crippen LogP contribution in [-0.2, 0) is 6.54 Å². The standard InChI is InChI=1S/C17H23N3S/c1-13-16(21-12-18-13)10-20-11-17(2,3)19-9-15(20)14-7-5-4-6-8-14/h4-8,12,15,19H,9-11H2,1-3H3. The highest BCUT2D eigenvalue weighted by Crippen LogP contribution is 2.29. The number of nitrogens with one attached hydrogen (secondary N) is 1. The zero-order valence-electron chi connectivity index (χ0n) is 13.0. The van der Waals surface area contributed by atoms with Gasteiger partial charge in [-0.3, -0.25) is 4.90 Å². The first kappa shape index (κ1) is 14.7. The number of hydrogen-bond donors (Lipinski definition) is 1. The first-order chi connectivity index (χ1) is 10.1. The van der Waals surface area contributed by atoms with Gasteiger partial charge < -0.3 is 5.32 Å². The van der Waals surface area contributed by atoms with E-state index in [0.717, 1.165) is 19.6 Å². The third-order valence-corrected chi connectivity index (χ3v) is 5.11. The van der Waals surface area contributed by atoms with Crippen LogP contribution in [0.2, 0.25) is 0 Å². The molecule has 3 nitrogen and oxygen atoms in total. The normalized spacial score (nSPS) is 22.3. The summed E-state index contributed by atoms with van der Waals surface area (Å²) in [5, 5.41) is 3.68. The van der Waals surface area contributed by atoms with E-state index in [4.69, 9.17) is 0 Å². The van der Waals surface area contributed by atoms with E-state index in [9.17, 15) is 0 Å². The van der Waals surface area contributed by atoms with Crippen molar-refractivity contribution < 1.29 is 0 Å². The highest BCUT2D eigenvalue weighted by Gasteiger charge is 2.33. The third kappa shape index (κ3) is 3.34. The predicted octanol–water partition coefficient (Wildman–Crippen LogP) is 3.38. The monoisotopic (exact) mass is 301 g/mol. The highest BCUT2D eigenvalue weighted by molar-refractivity contribution is 7.09. The molecule has 3 rings (SSSR count).